The predicted octanol–water partition coefficient (Wildman–Crippen LogP) is 3.66. The maximum Gasteiger partial charge on any atom is 0.128 e. The van der Waals surface area contributed by atoms with Crippen molar-refractivity contribution >= 4 is 5.69 Å². The summed E-state index contributed by atoms with van der Waals surface area (Å²) in [4.78, 5) is 2.07. The molecule has 2 nitrogen and oxygen atoms in total. The number of hydrogen-bond donors (Lipinski definition) is 1. The smallest absolute Gasteiger partial charge is 0.128 e. The van der Waals surface area contributed by atoms with Gasteiger partial charge in [0.2, 0.25) is 0 Å². The van der Waals surface area contributed by atoms with Gasteiger partial charge in [0.1, 0.15) is 5.82 Å². The van der Waals surface area contributed by atoms with Crippen LogP contribution in [-0.2, 0) is 13.0 Å². The molecule has 0 aliphatic heterocycles. The molecule has 0 aromatic heterocycles. The summed E-state index contributed by atoms with van der Waals surface area (Å²) in [6.45, 7) is 4.71. The van der Waals surface area contributed by atoms with E-state index in [0.717, 1.165) is 12.2 Å². The zero-order valence-corrected chi connectivity index (χ0v) is 12.9. The average Bonchev–Trinajstić information content (AvgIpc) is 2.43. The van der Waals surface area contributed by atoms with Crippen molar-refractivity contribution in [3.8, 4) is 0 Å². The van der Waals surface area contributed by atoms with Gasteiger partial charge in [0.25, 0.3) is 0 Å². The molecule has 2 aromatic carbocycles. The number of anilines is 1. The number of nitrogens with two attached hydrogens (primary N) is 1. The van der Waals surface area contributed by atoms with Gasteiger partial charge < -0.3 is 10.6 Å². The van der Waals surface area contributed by atoms with E-state index in [1.807, 2.05) is 20.0 Å². The molecule has 0 fully saturated rings. The van der Waals surface area contributed by atoms with Gasteiger partial charge in [-0.1, -0.05) is 35.9 Å². The molecule has 3 heteroatoms. The summed E-state index contributed by atoms with van der Waals surface area (Å²) < 4.78 is 14.1. The Kier molecular flexibility index (Phi) is 4.97. The summed E-state index contributed by atoms with van der Waals surface area (Å²) in [6, 6.07) is 13.5. The number of benzene rings is 2. The van der Waals surface area contributed by atoms with Crippen LogP contribution in [0.1, 0.15) is 23.6 Å². The van der Waals surface area contributed by atoms with Gasteiger partial charge in [-0.05, 0) is 38.0 Å². The largest absolute Gasteiger partial charge is 0.370 e. The van der Waals surface area contributed by atoms with Crippen molar-refractivity contribution < 1.29 is 4.39 Å². The fourth-order valence-corrected chi connectivity index (χ4v) is 2.48. The normalized spacial score (nSPS) is 12.2. The van der Waals surface area contributed by atoms with Gasteiger partial charge in [0.05, 0.1) is 0 Å². The highest BCUT2D eigenvalue weighted by molar-refractivity contribution is 5.54. The zero-order valence-electron chi connectivity index (χ0n) is 12.9. The van der Waals surface area contributed by atoms with Crippen LogP contribution >= 0.6 is 0 Å². The molecule has 112 valence electrons. The molecule has 0 aliphatic rings. The lowest BCUT2D eigenvalue weighted by atomic mass is 10.0. The van der Waals surface area contributed by atoms with Gasteiger partial charge in [0.15, 0.2) is 0 Å². The summed E-state index contributed by atoms with van der Waals surface area (Å²) in [5, 5.41) is 0. The van der Waals surface area contributed by atoms with E-state index in [4.69, 9.17) is 5.73 Å². The Hall–Kier alpha value is -1.87. The first-order valence-corrected chi connectivity index (χ1v) is 7.27. The Morgan fingerprint density at radius 1 is 1.14 bits per heavy atom. The van der Waals surface area contributed by atoms with Crippen LogP contribution in [0, 0.1) is 12.7 Å². The Balaban J connectivity index is 2.24. The monoisotopic (exact) mass is 286 g/mol. The third-order valence-electron chi connectivity index (χ3n) is 3.57. The summed E-state index contributed by atoms with van der Waals surface area (Å²) in [6.07, 6.45) is 0.542. The summed E-state index contributed by atoms with van der Waals surface area (Å²) in [5.74, 6) is -0.180. The van der Waals surface area contributed by atoms with Gasteiger partial charge in [-0.3, -0.25) is 0 Å². The van der Waals surface area contributed by atoms with E-state index in [-0.39, 0.29) is 11.9 Å². The molecule has 1 unspecified atom stereocenters. The Morgan fingerprint density at radius 2 is 1.81 bits per heavy atom. The Bertz CT molecular complexity index is 591. The molecule has 1 atom stereocenters. The summed E-state index contributed by atoms with van der Waals surface area (Å²) in [5.41, 5.74) is 9.90. The summed E-state index contributed by atoms with van der Waals surface area (Å²) >= 11 is 0. The fraction of sp³-hybridized carbons (Fsp3) is 0.333. The molecular formula is C18H23FN2. The SMILES string of the molecule is Cc1ccc(CN(C)c2cccc(F)c2CC(C)N)cc1. The molecule has 0 spiro atoms. The van der Waals surface area contributed by atoms with E-state index in [0.29, 0.717) is 12.0 Å². The van der Waals surface area contributed by atoms with Gasteiger partial charge in [-0.25, -0.2) is 4.39 Å². The second-order valence-corrected chi connectivity index (χ2v) is 5.76. The molecule has 0 aliphatic carbocycles. The molecule has 0 bridgehead atoms. The lowest BCUT2D eigenvalue weighted by Gasteiger charge is -2.24. The molecule has 21 heavy (non-hydrogen) atoms. The number of halogens is 1. The second-order valence-electron chi connectivity index (χ2n) is 5.76. The predicted molar refractivity (Wildman–Crippen MR) is 87.0 cm³/mol. The average molecular weight is 286 g/mol. The van der Waals surface area contributed by atoms with E-state index in [9.17, 15) is 4.39 Å². The first-order valence-electron chi connectivity index (χ1n) is 7.27. The lowest BCUT2D eigenvalue weighted by molar-refractivity contribution is 0.595. The topological polar surface area (TPSA) is 29.3 Å². The van der Waals surface area contributed by atoms with Gasteiger partial charge >= 0.3 is 0 Å². The van der Waals surface area contributed by atoms with E-state index in [1.165, 1.54) is 17.2 Å². The first-order chi connectivity index (χ1) is 9.97. The van der Waals surface area contributed by atoms with Crippen LogP contribution < -0.4 is 10.6 Å². The number of aryl methyl sites for hydroxylation is 1. The minimum Gasteiger partial charge on any atom is -0.370 e. The molecule has 0 heterocycles. The van der Waals surface area contributed by atoms with Crippen LogP contribution in [0.2, 0.25) is 0 Å². The molecule has 0 radical (unpaired) electrons. The minimum absolute atomic E-state index is 0.0616. The molecule has 2 N–H and O–H groups in total. The summed E-state index contributed by atoms with van der Waals surface area (Å²) in [7, 11) is 1.99. The number of rotatable bonds is 5. The van der Waals surface area contributed by atoms with E-state index >= 15 is 0 Å². The number of nitrogens with zero attached hydrogens (tertiary/aromatic N) is 1. The van der Waals surface area contributed by atoms with Gasteiger partial charge in [-0.15, -0.1) is 0 Å². The van der Waals surface area contributed by atoms with Crippen molar-refractivity contribution in [2.45, 2.75) is 32.9 Å². The van der Waals surface area contributed by atoms with Crippen LogP contribution in [0.4, 0.5) is 10.1 Å². The van der Waals surface area contributed by atoms with Crippen LogP contribution in [0.5, 0.6) is 0 Å². The first kappa shape index (κ1) is 15.5. The van der Waals surface area contributed by atoms with E-state index in [1.54, 1.807) is 6.07 Å². The lowest BCUT2D eigenvalue weighted by Crippen LogP contribution is -2.23. The van der Waals surface area contributed by atoms with Gasteiger partial charge in [0, 0.05) is 30.9 Å². The molecule has 2 aromatic rings. The highest BCUT2D eigenvalue weighted by Crippen LogP contribution is 2.25. The van der Waals surface area contributed by atoms with Crippen molar-refractivity contribution in [3.05, 3.63) is 65.0 Å². The molecule has 2 rings (SSSR count). The molecule has 0 amide bonds. The second kappa shape index (κ2) is 6.72. The van der Waals surface area contributed by atoms with Crippen molar-refractivity contribution in [2.24, 2.45) is 5.73 Å². The van der Waals surface area contributed by atoms with Crippen LogP contribution in [-0.4, -0.2) is 13.1 Å². The Morgan fingerprint density at radius 3 is 2.43 bits per heavy atom. The van der Waals surface area contributed by atoms with Gasteiger partial charge in [-0.2, -0.15) is 0 Å². The molecular weight excluding hydrogens is 263 g/mol. The van der Waals surface area contributed by atoms with Crippen LogP contribution in [0.3, 0.4) is 0 Å². The van der Waals surface area contributed by atoms with Crippen molar-refractivity contribution in [1.82, 2.24) is 0 Å². The minimum atomic E-state index is -0.180. The number of hydrogen-bond acceptors (Lipinski definition) is 2. The molecule has 0 saturated heterocycles. The third kappa shape index (κ3) is 4.05. The maximum absolute atomic E-state index is 14.1. The highest BCUT2D eigenvalue weighted by Gasteiger charge is 2.13. The zero-order chi connectivity index (χ0) is 15.4. The molecule has 0 saturated carbocycles. The standard InChI is InChI=1S/C18H23FN2/c1-13-7-9-15(10-8-13)12-21(3)18-6-4-5-17(19)16(18)11-14(2)20/h4-10,14H,11-12,20H2,1-3H3. The van der Waals surface area contributed by atoms with E-state index < -0.39 is 0 Å². The van der Waals surface area contributed by atoms with Crippen LogP contribution in [0.25, 0.3) is 0 Å². The van der Waals surface area contributed by atoms with Crippen molar-refractivity contribution in [2.75, 3.05) is 11.9 Å². The highest BCUT2D eigenvalue weighted by atomic mass is 19.1. The quantitative estimate of drug-likeness (QED) is 0.909. The van der Waals surface area contributed by atoms with Crippen molar-refractivity contribution in [1.29, 1.82) is 0 Å². The maximum atomic E-state index is 14.1. The third-order valence-corrected chi connectivity index (χ3v) is 3.57. The van der Waals surface area contributed by atoms with Crippen molar-refractivity contribution in [3.63, 3.8) is 0 Å². The van der Waals surface area contributed by atoms with E-state index in [2.05, 4.69) is 36.1 Å². The fourth-order valence-electron chi connectivity index (χ4n) is 2.48. The van der Waals surface area contributed by atoms with Crippen LogP contribution in [0.15, 0.2) is 42.5 Å². The Labute approximate surface area is 126 Å².